The van der Waals surface area contributed by atoms with Gasteiger partial charge in [0, 0.05) is 41.7 Å². The Labute approximate surface area is 321 Å². The minimum Gasteiger partial charge on any atom is -0.453 e. The summed E-state index contributed by atoms with van der Waals surface area (Å²) in [5, 5.41) is 4.06. The van der Waals surface area contributed by atoms with Gasteiger partial charge in [0.1, 0.15) is 17.7 Å². The number of hydrazine groups is 1. The van der Waals surface area contributed by atoms with E-state index < -0.39 is 18.2 Å². The van der Waals surface area contributed by atoms with Gasteiger partial charge in [-0.15, -0.1) is 0 Å². The molecule has 4 heterocycles. The zero-order valence-electron chi connectivity index (χ0n) is 32.3. The van der Waals surface area contributed by atoms with E-state index in [-0.39, 0.29) is 41.7 Å². The van der Waals surface area contributed by atoms with Crippen molar-refractivity contribution in [3.05, 3.63) is 66.6 Å². The van der Waals surface area contributed by atoms with Crippen LogP contribution < -0.4 is 10.7 Å². The fraction of sp³-hybridized carbons (Fsp3) is 0.475. The SMILES string of the molecule is COC(=O)N[C@H](C(=O)N1CCC[C@H]1c1ncc(-c2ccc(-c3ccc(-c4cnc(C5CCCCC5C(=O)N(NC(=O)OC)C(C)C)[nH]4)cn3)cc2)[nH]1)C(C)C. The Morgan fingerprint density at radius 3 is 2.05 bits per heavy atom. The second-order valence-corrected chi connectivity index (χ2v) is 14.8. The average Bonchev–Trinajstić information content (AvgIpc) is 4.00. The van der Waals surface area contributed by atoms with Gasteiger partial charge >= 0.3 is 12.2 Å². The van der Waals surface area contributed by atoms with E-state index in [1.54, 1.807) is 17.3 Å². The topological polar surface area (TPSA) is 188 Å². The number of methoxy groups -OCH3 is 2. The Balaban J connectivity index is 1.11. The first-order chi connectivity index (χ1) is 26.5. The molecule has 0 radical (unpaired) electrons. The molecule has 4 aromatic rings. The lowest BCUT2D eigenvalue weighted by molar-refractivity contribution is -0.142. The summed E-state index contributed by atoms with van der Waals surface area (Å²) in [5.74, 6) is 0.617. The molecule has 3 aromatic heterocycles. The van der Waals surface area contributed by atoms with Crippen molar-refractivity contribution in [2.75, 3.05) is 20.8 Å². The van der Waals surface area contributed by atoms with Crippen LogP contribution in [0.5, 0.6) is 0 Å². The lowest BCUT2D eigenvalue weighted by Crippen LogP contribution is -2.53. The van der Waals surface area contributed by atoms with Crippen LogP contribution in [0.3, 0.4) is 0 Å². The molecule has 15 heteroatoms. The molecule has 4 N–H and O–H groups in total. The second kappa shape index (κ2) is 17.2. The van der Waals surface area contributed by atoms with Gasteiger partial charge in [0.05, 0.1) is 49.7 Å². The Morgan fingerprint density at radius 2 is 1.40 bits per heavy atom. The molecule has 292 valence electrons. The zero-order valence-corrected chi connectivity index (χ0v) is 32.3. The summed E-state index contributed by atoms with van der Waals surface area (Å²) in [7, 11) is 2.56. The van der Waals surface area contributed by atoms with Gasteiger partial charge in [-0.3, -0.25) is 14.6 Å². The molecule has 0 bridgehead atoms. The van der Waals surface area contributed by atoms with Gasteiger partial charge in [0.25, 0.3) is 0 Å². The van der Waals surface area contributed by atoms with Crippen molar-refractivity contribution in [1.82, 2.24) is 45.6 Å². The maximum atomic E-state index is 13.7. The number of nitrogens with one attached hydrogen (secondary N) is 4. The molecule has 1 saturated heterocycles. The largest absolute Gasteiger partial charge is 0.453 e. The van der Waals surface area contributed by atoms with Crippen LogP contribution in [0.2, 0.25) is 0 Å². The lowest BCUT2D eigenvalue weighted by atomic mass is 9.78. The van der Waals surface area contributed by atoms with E-state index >= 15 is 0 Å². The predicted molar refractivity (Wildman–Crippen MR) is 205 cm³/mol. The van der Waals surface area contributed by atoms with Crippen LogP contribution in [0.15, 0.2) is 55.0 Å². The van der Waals surface area contributed by atoms with E-state index in [1.807, 2.05) is 70.3 Å². The fourth-order valence-electron chi connectivity index (χ4n) is 7.58. The summed E-state index contributed by atoms with van der Waals surface area (Å²) >= 11 is 0. The number of carbonyl (C=O) groups is 4. The van der Waals surface area contributed by atoms with E-state index in [2.05, 4.69) is 25.7 Å². The maximum Gasteiger partial charge on any atom is 0.425 e. The molecule has 1 aliphatic carbocycles. The van der Waals surface area contributed by atoms with Gasteiger partial charge in [0.15, 0.2) is 0 Å². The summed E-state index contributed by atoms with van der Waals surface area (Å²) < 4.78 is 9.50. The number of nitrogens with zero attached hydrogens (tertiary/aromatic N) is 5. The summed E-state index contributed by atoms with van der Waals surface area (Å²) in [5.41, 5.74) is 7.81. The minimum atomic E-state index is -0.693. The maximum absolute atomic E-state index is 13.7. The van der Waals surface area contributed by atoms with Crippen molar-refractivity contribution in [3.8, 4) is 33.8 Å². The number of carbonyl (C=O) groups excluding carboxylic acids is 4. The molecule has 15 nitrogen and oxygen atoms in total. The molecule has 4 amide bonds. The number of alkyl carbamates (subject to hydrolysis) is 1. The van der Waals surface area contributed by atoms with Gasteiger partial charge in [-0.25, -0.2) is 30.0 Å². The average molecular weight is 754 g/mol. The van der Waals surface area contributed by atoms with Crippen LogP contribution in [-0.4, -0.2) is 91.7 Å². The Kier molecular flexibility index (Phi) is 12.2. The quantitative estimate of drug-likeness (QED) is 0.134. The first-order valence-corrected chi connectivity index (χ1v) is 19.0. The molecular weight excluding hydrogens is 702 g/mol. The van der Waals surface area contributed by atoms with Gasteiger partial charge in [0.2, 0.25) is 11.8 Å². The third-order valence-corrected chi connectivity index (χ3v) is 10.6. The minimum absolute atomic E-state index is 0.109. The van der Waals surface area contributed by atoms with Crippen LogP contribution >= 0.6 is 0 Å². The van der Waals surface area contributed by atoms with Gasteiger partial charge < -0.3 is 29.7 Å². The third kappa shape index (κ3) is 8.66. The number of H-pyrrole nitrogens is 2. The monoisotopic (exact) mass is 753 g/mol. The molecule has 2 aliphatic rings. The van der Waals surface area contributed by atoms with Crippen LogP contribution in [0.1, 0.15) is 89.8 Å². The first kappa shape index (κ1) is 39.0. The highest BCUT2D eigenvalue weighted by molar-refractivity contribution is 5.86. The lowest BCUT2D eigenvalue weighted by Gasteiger charge is -2.35. The summed E-state index contributed by atoms with van der Waals surface area (Å²) in [6.07, 6.45) is 9.13. The van der Waals surface area contributed by atoms with E-state index in [4.69, 9.17) is 19.4 Å². The van der Waals surface area contributed by atoms with Gasteiger partial charge in [-0.2, -0.15) is 0 Å². The molecule has 1 saturated carbocycles. The molecule has 0 spiro atoms. The van der Waals surface area contributed by atoms with Crippen LogP contribution in [0.25, 0.3) is 33.8 Å². The van der Waals surface area contributed by atoms with Crippen molar-refractivity contribution in [1.29, 1.82) is 0 Å². The van der Waals surface area contributed by atoms with Crippen molar-refractivity contribution >= 4 is 24.0 Å². The van der Waals surface area contributed by atoms with Crippen molar-refractivity contribution in [3.63, 3.8) is 0 Å². The van der Waals surface area contributed by atoms with Gasteiger partial charge in [-0.1, -0.05) is 51.0 Å². The first-order valence-electron chi connectivity index (χ1n) is 19.0. The number of hydrogen-bond donors (Lipinski definition) is 4. The van der Waals surface area contributed by atoms with Crippen LogP contribution in [0, 0.1) is 11.8 Å². The fourth-order valence-corrected chi connectivity index (χ4v) is 7.58. The Morgan fingerprint density at radius 1 is 0.764 bits per heavy atom. The highest BCUT2D eigenvalue weighted by atomic mass is 16.5. The van der Waals surface area contributed by atoms with E-state index in [9.17, 15) is 19.2 Å². The molecule has 1 aliphatic heterocycles. The molecule has 2 unspecified atom stereocenters. The number of hydrogen-bond acceptors (Lipinski definition) is 9. The normalized spacial score (nSPS) is 18.9. The summed E-state index contributed by atoms with van der Waals surface area (Å²) in [4.78, 5) is 73.9. The van der Waals surface area contributed by atoms with Crippen molar-refractivity contribution in [2.45, 2.75) is 90.3 Å². The van der Waals surface area contributed by atoms with Crippen LogP contribution in [-0.2, 0) is 19.1 Å². The molecule has 1 aromatic carbocycles. The number of amides is 4. The second-order valence-electron chi connectivity index (χ2n) is 14.8. The Hall–Kier alpha value is -5.73. The Bertz CT molecular complexity index is 1960. The molecule has 4 atom stereocenters. The van der Waals surface area contributed by atoms with Crippen molar-refractivity contribution < 1.29 is 28.7 Å². The number of aromatic amines is 2. The molecule has 2 fully saturated rings. The van der Waals surface area contributed by atoms with E-state index in [0.29, 0.717) is 18.8 Å². The zero-order chi connectivity index (χ0) is 39.2. The smallest absolute Gasteiger partial charge is 0.425 e. The van der Waals surface area contributed by atoms with E-state index in [0.717, 1.165) is 71.7 Å². The summed E-state index contributed by atoms with van der Waals surface area (Å²) in [6.45, 7) is 8.08. The summed E-state index contributed by atoms with van der Waals surface area (Å²) in [6, 6.07) is 10.9. The number of likely N-dealkylation sites (tertiary alicyclic amines) is 1. The number of aromatic nitrogens is 5. The van der Waals surface area contributed by atoms with E-state index in [1.165, 1.54) is 19.2 Å². The third-order valence-electron chi connectivity index (χ3n) is 10.6. The number of rotatable bonds is 10. The standard InChI is InChI=1S/C40H51N9O6/c1-23(2)34(46-39(52)54-5)38(51)48-19-9-12-33(48)36-43-21-31(45-36)26-15-13-25(14-16-26)30-18-17-27(20-41-30)32-22-42-35(44-32)28-10-7-8-11-29(28)37(50)49(24(3)4)47-40(53)55-6/h13-18,20-24,28-29,33-34H,7-12,19H2,1-6H3,(H,42,44)(H,43,45)(H,46,52)(H,47,53)/t28?,29?,33-,34-/m0/s1. The van der Waals surface area contributed by atoms with Crippen LogP contribution in [0.4, 0.5) is 9.59 Å². The number of benzene rings is 1. The highest BCUT2D eigenvalue weighted by Crippen LogP contribution is 2.39. The highest BCUT2D eigenvalue weighted by Gasteiger charge is 2.39. The van der Waals surface area contributed by atoms with Gasteiger partial charge in [-0.05, 0) is 63.1 Å². The number of ether oxygens (including phenoxy) is 2. The molecular formula is C40H51N9O6. The van der Waals surface area contributed by atoms with Crippen molar-refractivity contribution in [2.24, 2.45) is 11.8 Å². The molecule has 6 rings (SSSR count). The predicted octanol–water partition coefficient (Wildman–Crippen LogP) is 6.35. The number of pyridine rings is 1. The molecule has 55 heavy (non-hydrogen) atoms. The number of imidazole rings is 2.